The summed E-state index contributed by atoms with van der Waals surface area (Å²) in [5, 5.41) is 0. The van der Waals surface area contributed by atoms with E-state index in [1.807, 2.05) is 17.0 Å². The molecule has 6 heteroatoms. The highest BCUT2D eigenvalue weighted by atomic mass is 19.1. The van der Waals surface area contributed by atoms with Gasteiger partial charge in [-0.25, -0.2) is 4.39 Å². The summed E-state index contributed by atoms with van der Waals surface area (Å²) in [6.07, 6.45) is 4.98. The second kappa shape index (κ2) is 8.22. The average Bonchev–Trinajstić information content (AvgIpc) is 3.16. The van der Waals surface area contributed by atoms with Gasteiger partial charge in [0, 0.05) is 55.1 Å². The number of benzene rings is 1. The van der Waals surface area contributed by atoms with Crippen LogP contribution in [0.3, 0.4) is 0 Å². The lowest BCUT2D eigenvalue weighted by molar-refractivity contribution is -0.129. The molecule has 1 N–H and O–H groups in total. The average molecular weight is 405 g/mol. The largest absolute Gasteiger partial charge is 0.357 e. The Hall–Kier alpha value is -3.28. The summed E-state index contributed by atoms with van der Waals surface area (Å²) in [5.74, 6) is -0.0969. The molecule has 0 spiro atoms. The smallest absolute Gasteiger partial charge is 0.219 e. The van der Waals surface area contributed by atoms with E-state index in [-0.39, 0.29) is 23.4 Å². The van der Waals surface area contributed by atoms with E-state index in [0.717, 1.165) is 40.9 Å². The van der Waals surface area contributed by atoms with Crippen LogP contribution in [0.4, 0.5) is 4.39 Å². The molecule has 2 aromatic heterocycles. The summed E-state index contributed by atoms with van der Waals surface area (Å²) in [6.45, 7) is 4.51. The summed E-state index contributed by atoms with van der Waals surface area (Å²) >= 11 is 0. The van der Waals surface area contributed by atoms with Crippen molar-refractivity contribution >= 4 is 11.7 Å². The van der Waals surface area contributed by atoms with Crippen molar-refractivity contribution in [1.29, 1.82) is 0 Å². The molecule has 0 radical (unpaired) electrons. The van der Waals surface area contributed by atoms with Crippen molar-refractivity contribution < 1.29 is 14.0 Å². The quantitative estimate of drug-likeness (QED) is 0.634. The van der Waals surface area contributed by atoms with E-state index in [1.165, 1.54) is 12.1 Å². The minimum Gasteiger partial charge on any atom is -0.357 e. The van der Waals surface area contributed by atoms with Gasteiger partial charge in [-0.2, -0.15) is 0 Å². The molecule has 4 rings (SSSR count). The number of carbonyl (C=O) groups excluding carboxylic acids is 2. The van der Waals surface area contributed by atoms with Gasteiger partial charge < -0.3 is 9.88 Å². The third-order valence-corrected chi connectivity index (χ3v) is 5.83. The topological polar surface area (TPSA) is 66.1 Å². The third-order valence-electron chi connectivity index (χ3n) is 5.83. The fourth-order valence-electron chi connectivity index (χ4n) is 4.31. The van der Waals surface area contributed by atoms with Gasteiger partial charge in [0.05, 0.1) is 5.69 Å². The lowest BCUT2D eigenvalue weighted by atomic mass is 9.88. The lowest BCUT2D eigenvalue weighted by Gasteiger charge is -2.31. The highest BCUT2D eigenvalue weighted by Crippen LogP contribution is 2.41. The first-order chi connectivity index (χ1) is 14.5. The zero-order valence-corrected chi connectivity index (χ0v) is 17.1. The predicted octanol–water partition coefficient (Wildman–Crippen LogP) is 4.81. The number of nitrogens with one attached hydrogen (secondary N) is 1. The van der Waals surface area contributed by atoms with Gasteiger partial charge in [-0.15, -0.1) is 0 Å². The maximum atomic E-state index is 13.5. The molecule has 1 amide bonds. The predicted molar refractivity (Wildman–Crippen MR) is 114 cm³/mol. The minimum absolute atomic E-state index is 0.0181. The summed E-state index contributed by atoms with van der Waals surface area (Å²) in [7, 11) is 0. The Balaban J connectivity index is 1.86. The zero-order valence-electron chi connectivity index (χ0n) is 17.1. The molecule has 1 aromatic carbocycles. The van der Waals surface area contributed by atoms with Gasteiger partial charge >= 0.3 is 0 Å². The molecule has 0 unspecified atom stereocenters. The summed E-state index contributed by atoms with van der Waals surface area (Å²) < 4.78 is 13.5. The second-order valence-electron chi connectivity index (χ2n) is 7.74. The van der Waals surface area contributed by atoms with Gasteiger partial charge in [0.1, 0.15) is 5.82 Å². The van der Waals surface area contributed by atoms with Crippen LogP contribution >= 0.6 is 0 Å². The molecular weight excluding hydrogens is 381 g/mol. The number of halogens is 1. The molecule has 3 heterocycles. The molecule has 1 aliphatic rings. The van der Waals surface area contributed by atoms with Crippen LogP contribution in [0.15, 0.2) is 48.8 Å². The molecule has 3 aromatic rings. The number of Topliss-reactive ketones (excluding diaryl/α,β-unsaturated/α-hetero) is 1. The van der Waals surface area contributed by atoms with Crippen molar-refractivity contribution in [1.82, 2.24) is 14.9 Å². The van der Waals surface area contributed by atoms with Gasteiger partial charge in [0.25, 0.3) is 0 Å². The SMILES string of the molecule is CC(=O)c1c(C2CCN(C(C)=O)CC2)[nH]c(-c2ccc(F)cc2)c1-c1ccncc1. The minimum atomic E-state index is -0.306. The molecule has 1 saturated heterocycles. The number of aromatic amines is 1. The van der Waals surface area contributed by atoms with E-state index in [4.69, 9.17) is 0 Å². The van der Waals surface area contributed by atoms with Gasteiger partial charge in [-0.1, -0.05) is 0 Å². The number of likely N-dealkylation sites (tertiary alicyclic amines) is 1. The number of hydrogen-bond acceptors (Lipinski definition) is 3. The van der Waals surface area contributed by atoms with Crippen molar-refractivity contribution in [2.24, 2.45) is 0 Å². The Morgan fingerprint density at radius 1 is 1.00 bits per heavy atom. The number of H-pyrrole nitrogens is 1. The second-order valence-corrected chi connectivity index (χ2v) is 7.74. The number of nitrogens with zero attached hydrogens (tertiary/aromatic N) is 2. The Morgan fingerprint density at radius 2 is 1.63 bits per heavy atom. The van der Waals surface area contributed by atoms with Gasteiger partial charge in [0.2, 0.25) is 5.91 Å². The molecule has 5 nitrogen and oxygen atoms in total. The van der Waals surface area contributed by atoms with Crippen LogP contribution in [0.1, 0.15) is 48.7 Å². The summed E-state index contributed by atoms with van der Waals surface area (Å²) in [5.41, 5.74) is 4.89. The molecule has 0 saturated carbocycles. The van der Waals surface area contributed by atoms with Gasteiger partial charge in [-0.05, 0) is 67.3 Å². The number of ketones is 1. The number of pyridine rings is 1. The summed E-state index contributed by atoms with van der Waals surface area (Å²) in [6, 6.07) is 10.0. The van der Waals surface area contributed by atoms with E-state index in [1.54, 1.807) is 38.4 Å². The van der Waals surface area contributed by atoms with Crippen molar-refractivity contribution in [3.8, 4) is 22.4 Å². The first kappa shape index (κ1) is 20.0. The first-order valence-corrected chi connectivity index (χ1v) is 10.1. The first-order valence-electron chi connectivity index (χ1n) is 10.1. The maximum Gasteiger partial charge on any atom is 0.219 e. The van der Waals surface area contributed by atoms with Crippen molar-refractivity contribution in [3.63, 3.8) is 0 Å². The van der Waals surface area contributed by atoms with Crippen LogP contribution in [0.5, 0.6) is 0 Å². The molecule has 1 fully saturated rings. The molecule has 30 heavy (non-hydrogen) atoms. The van der Waals surface area contributed by atoms with E-state index >= 15 is 0 Å². The number of aromatic nitrogens is 2. The molecule has 0 atom stereocenters. The zero-order chi connectivity index (χ0) is 21.3. The molecule has 0 aliphatic carbocycles. The van der Waals surface area contributed by atoms with Crippen LogP contribution in [-0.2, 0) is 4.79 Å². The highest BCUT2D eigenvalue weighted by Gasteiger charge is 2.30. The summed E-state index contributed by atoms with van der Waals surface area (Å²) in [4.78, 5) is 34.0. The Morgan fingerprint density at radius 3 is 2.20 bits per heavy atom. The number of hydrogen-bond donors (Lipinski definition) is 1. The maximum absolute atomic E-state index is 13.5. The normalized spacial score (nSPS) is 14.7. The van der Waals surface area contributed by atoms with E-state index in [0.29, 0.717) is 18.7 Å². The third kappa shape index (κ3) is 3.77. The molecule has 1 aliphatic heterocycles. The number of piperidine rings is 1. The molecular formula is C24H24FN3O2. The van der Waals surface area contributed by atoms with Crippen LogP contribution in [0.2, 0.25) is 0 Å². The van der Waals surface area contributed by atoms with Crippen LogP contribution in [0.25, 0.3) is 22.4 Å². The van der Waals surface area contributed by atoms with E-state index < -0.39 is 0 Å². The number of carbonyl (C=O) groups is 2. The molecule has 0 bridgehead atoms. The van der Waals surface area contributed by atoms with Crippen molar-refractivity contribution in [2.75, 3.05) is 13.1 Å². The standard InChI is InChI=1S/C24H24FN3O2/c1-15(29)21-22(17-7-11-26-12-8-17)24(18-3-5-20(25)6-4-18)27-23(21)19-9-13-28(14-10-19)16(2)30/h3-8,11-12,19,27H,9-10,13-14H2,1-2H3. The fourth-order valence-corrected chi connectivity index (χ4v) is 4.31. The number of amides is 1. The van der Waals surface area contributed by atoms with Crippen molar-refractivity contribution in [2.45, 2.75) is 32.6 Å². The van der Waals surface area contributed by atoms with Crippen LogP contribution < -0.4 is 0 Å². The Labute approximate surface area is 175 Å². The van der Waals surface area contributed by atoms with Crippen LogP contribution in [0, 0.1) is 5.82 Å². The number of rotatable bonds is 4. The highest BCUT2D eigenvalue weighted by molar-refractivity contribution is 6.06. The monoisotopic (exact) mass is 405 g/mol. The van der Waals surface area contributed by atoms with Gasteiger partial charge in [0.15, 0.2) is 5.78 Å². The van der Waals surface area contributed by atoms with Gasteiger partial charge in [-0.3, -0.25) is 14.6 Å². The van der Waals surface area contributed by atoms with E-state index in [2.05, 4.69) is 9.97 Å². The van der Waals surface area contributed by atoms with E-state index in [9.17, 15) is 14.0 Å². The van der Waals surface area contributed by atoms with Crippen molar-refractivity contribution in [3.05, 3.63) is 65.9 Å². The Kier molecular flexibility index (Phi) is 5.48. The lowest BCUT2D eigenvalue weighted by Crippen LogP contribution is -2.36. The Bertz CT molecular complexity index is 1070. The fraction of sp³-hybridized carbons (Fsp3) is 0.292. The molecule has 154 valence electrons. The van der Waals surface area contributed by atoms with Crippen LogP contribution in [-0.4, -0.2) is 39.6 Å².